The average molecular weight is 108 g/mol. The van der Waals surface area contributed by atoms with Crippen LogP contribution in [0.2, 0.25) is 0 Å². The number of allylic oxidation sites excluding steroid dienone is 2. The first kappa shape index (κ1) is 4.60. The van der Waals surface area contributed by atoms with Crippen molar-refractivity contribution < 1.29 is 0 Å². The summed E-state index contributed by atoms with van der Waals surface area (Å²) in [6.45, 7) is 4.66. The zero-order valence-electron chi connectivity index (χ0n) is 5.57. The first-order valence-corrected chi connectivity index (χ1v) is 3.41. The molecule has 2 aliphatic rings. The van der Waals surface area contributed by atoms with Crippen molar-refractivity contribution in [3.63, 3.8) is 0 Å². The van der Waals surface area contributed by atoms with Crippen molar-refractivity contribution in [2.24, 2.45) is 11.3 Å². The molecule has 0 aromatic carbocycles. The highest BCUT2D eigenvalue weighted by molar-refractivity contribution is 5.28. The first-order chi connectivity index (χ1) is 3.73. The van der Waals surface area contributed by atoms with E-state index in [1.54, 1.807) is 5.57 Å². The lowest BCUT2D eigenvalue weighted by Gasteiger charge is -2.02. The lowest BCUT2D eigenvalue weighted by atomic mass is 10.0. The van der Waals surface area contributed by atoms with E-state index in [-0.39, 0.29) is 0 Å². The van der Waals surface area contributed by atoms with Crippen molar-refractivity contribution in [3.8, 4) is 0 Å². The fraction of sp³-hybridized carbons (Fsp3) is 0.750. The van der Waals surface area contributed by atoms with Gasteiger partial charge in [0.2, 0.25) is 0 Å². The van der Waals surface area contributed by atoms with Crippen molar-refractivity contribution >= 4 is 0 Å². The standard InChI is InChI=1S/C8H12/c1-6-3-4-7-5-8(6,7)2/h3,7H,4-5H2,1-2H3. The fourth-order valence-corrected chi connectivity index (χ4v) is 1.83. The van der Waals surface area contributed by atoms with Crippen LogP contribution in [0.1, 0.15) is 26.7 Å². The maximum absolute atomic E-state index is 2.40. The Balaban J connectivity index is 2.34. The number of hydrogen-bond donors (Lipinski definition) is 0. The van der Waals surface area contributed by atoms with Crippen LogP contribution in [0.15, 0.2) is 11.6 Å². The van der Waals surface area contributed by atoms with Gasteiger partial charge in [0.05, 0.1) is 0 Å². The van der Waals surface area contributed by atoms with Crippen LogP contribution in [0.25, 0.3) is 0 Å². The van der Waals surface area contributed by atoms with Crippen LogP contribution in [-0.4, -0.2) is 0 Å². The van der Waals surface area contributed by atoms with Gasteiger partial charge in [-0.3, -0.25) is 0 Å². The fourth-order valence-electron chi connectivity index (χ4n) is 1.83. The normalized spacial score (nSPS) is 50.8. The second-order valence-electron chi connectivity index (χ2n) is 3.44. The topological polar surface area (TPSA) is 0 Å². The van der Waals surface area contributed by atoms with E-state index in [2.05, 4.69) is 19.9 Å². The summed E-state index contributed by atoms with van der Waals surface area (Å²) in [6.07, 6.45) is 5.23. The molecule has 8 heavy (non-hydrogen) atoms. The zero-order chi connectivity index (χ0) is 5.78. The van der Waals surface area contributed by atoms with Gasteiger partial charge in [-0.2, -0.15) is 0 Å². The third kappa shape index (κ3) is 0.331. The Morgan fingerprint density at radius 2 is 2.50 bits per heavy atom. The smallest absolute Gasteiger partial charge is 0.00846 e. The third-order valence-electron chi connectivity index (χ3n) is 3.02. The van der Waals surface area contributed by atoms with Crippen LogP contribution in [0.4, 0.5) is 0 Å². The molecule has 0 amide bonds. The molecule has 0 spiro atoms. The summed E-state index contributed by atoms with van der Waals surface area (Å²) in [5.41, 5.74) is 2.32. The Kier molecular flexibility index (Phi) is 0.588. The van der Waals surface area contributed by atoms with Crippen molar-refractivity contribution in [1.29, 1.82) is 0 Å². The second-order valence-corrected chi connectivity index (χ2v) is 3.44. The summed E-state index contributed by atoms with van der Waals surface area (Å²) in [4.78, 5) is 0. The van der Waals surface area contributed by atoms with Crippen LogP contribution >= 0.6 is 0 Å². The van der Waals surface area contributed by atoms with Gasteiger partial charge in [-0.25, -0.2) is 0 Å². The van der Waals surface area contributed by atoms with Crippen LogP contribution in [0.5, 0.6) is 0 Å². The predicted octanol–water partition coefficient (Wildman–Crippen LogP) is 2.36. The summed E-state index contributed by atoms with van der Waals surface area (Å²) in [5, 5.41) is 0. The minimum Gasteiger partial charge on any atom is -0.0847 e. The molecule has 0 bridgehead atoms. The van der Waals surface area contributed by atoms with Crippen LogP contribution in [0, 0.1) is 11.3 Å². The molecule has 0 aliphatic heterocycles. The molecule has 0 saturated heterocycles. The van der Waals surface area contributed by atoms with E-state index >= 15 is 0 Å². The van der Waals surface area contributed by atoms with Crippen molar-refractivity contribution in [2.45, 2.75) is 26.7 Å². The summed E-state index contributed by atoms with van der Waals surface area (Å²) < 4.78 is 0. The zero-order valence-corrected chi connectivity index (χ0v) is 5.57. The molecule has 0 aromatic heterocycles. The van der Waals surface area contributed by atoms with Crippen molar-refractivity contribution in [1.82, 2.24) is 0 Å². The van der Waals surface area contributed by atoms with Crippen molar-refractivity contribution in [3.05, 3.63) is 11.6 Å². The molecule has 2 aliphatic carbocycles. The summed E-state index contributed by atoms with van der Waals surface area (Å²) in [6, 6.07) is 0. The van der Waals surface area contributed by atoms with E-state index in [9.17, 15) is 0 Å². The van der Waals surface area contributed by atoms with Crippen LogP contribution in [-0.2, 0) is 0 Å². The van der Waals surface area contributed by atoms with E-state index in [1.165, 1.54) is 12.8 Å². The first-order valence-electron chi connectivity index (χ1n) is 3.41. The quantitative estimate of drug-likeness (QED) is 0.418. The average Bonchev–Trinajstić information content (AvgIpc) is 2.31. The van der Waals surface area contributed by atoms with E-state index in [0.29, 0.717) is 5.41 Å². The molecular weight excluding hydrogens is 96.1 g/mol. The van der Waals surface area contributed by atoms with E-state index in [1.807, 2.05) is 0 Å². The van der Waals surface area contributed by atoms with Gasteiger partial charge in [-0.05, 0) is 31.1 Å². The lowest BCUT2D eigenvalue weighted by molar-refractivity contribution is 0.637. The van der Waals surface area contributed by atoms with Gasteiger partial charge < -0.3 is 0 Å². The van der Waals surface area contributed by atoms with Crippen LogP contribution in [0.3, 0.4) is 0 Å². The molecule has 0 heterocycles. The maximum Gasteiger partial charge on any atom is -0.00846 e. The molecule has 2 unspecified atom stereocenters. The molecule has 0 nitrogen and oxygen atoms in total. The second kappa shape index (κ2) is 1.02. The Bertz CT molecular complexity index is 155. The highest BCUT2D eigenvalue weighted by Gasteiger charge is 2.53. The monoisotopic (exact) mass is 108 g/mol. The van der Waals surface area contributed by atoms with Gasteiger partial charge in [0.1, 0.15) is 0 Å². The molecule has 44 valence electrons. The molecule has 1 saturated carbocycles. The van der Waals surface area contributed by atoms with E-state index in [4.69, 9.17) is 0 Å². The third-order valence-corrected chi connectivity index (χ3v) is 3.02. The number of rotatable bonds is 0. The van der Waals surface area contributed by atoms with E-state index in [0.717, 1.165) is 5.92 Å². The minimum atomic E-state index is 0.681. The highest BCUT2D eigenvalue weighted by atomic mass is 14.6. The van der Waals surface area contributed by atoms with Gasteiger partial charge >= 0.3 is 0 Å². The Hall–Kier alpha value is -0.260. The SMILES string of the molecule is CC1=CCC2CC12C. The Morgan fingerprint density at radius 1 is 1.75 bits per heavy atom. The molecular formula is C8H12. The highest BCUT2D eigenvalue weighted by Crippen LogP contribution is 2.63. The predicted molar refractivity (Wildman–Crippen MR) is 34.6 cm³/mol. The summed E-state index contributed by atoms with van der Waals surface area (Å²) >= 11 is 0. The minimum absolute atomic E-state index is 0.681. The lowest BCUT2D eigenvalue weighted by Crippen LogP contribution is -1.91. The summed E-state index contributed by atoms with van der Waals surface area (Å²) in [5.74, 6) is 1.04. The largest absolute Gasteiger partial charge is 0.0847 e. The summed E-state index contributed by atoms with van der Waals surface area (Å²) in [7, 11) is 0. The van der Waals surface area contributed by atoms with Gasteiger partial charge in [-0.1, -0.05) is 18.6 Å². The molecule has 2 atom stereocenters. The molecule has 0 radical (unpaired) electrons. The molecule has 0 heteroatoms. The Labute approximate surface area is 50.6 Å². The maximum atomic E-state index is 2.40. The molecule has 1 fully saturated rings. The number of fused-ring (bicyclic) bond motifs is 1. The number of hydrogen-bond acceptors (Lipinski definition) is 0. The molecule has 0 N–H and O–H groups in total. The molecule has 0 aromatic rings. The van der Waals surface area contributed by atoms with Gasteiger partial charge in [0, 0.05) is 0 Å². The Morgan fingerprint density at radius 3 is 2.62 bits per heavy atom. The van der Waals surface area contributed by atoms with Crippen LogP contribution < -0.4 is 0 Å². The van der Waals surface area contributed by atoms with Crippen molar-refractivity contribution in [2.75, 3.05) is 0 Å². The molecule has 2 rings (SSSR count). The van der Waals surface area contributed by atoms with Gasteiger partial charge in [0.25, 0.3) is 0 Å². The van der Waals surface area contributed by atoms with Gasteiger partial charge in [0.15, 0.2) is 0 Å². The van der Waals surface area contributed by atoms with E-state index < -0.39 is 0 Å². The van der Waals surface area contributed by atoms with Gasteiger partial charge in [-0.15, -0.1) is 0 Å².